The molecule has 0 aromatic heterocycles. The van der Waals surface area contributed by atoms with Crippen LogP contribution in [0.25, 0.3) is 0 Å². The molecule has 1 aliphatic carbocycles. The number of benzene rings is 1. The molecular weight excluding hydrogens is 210 g/mol. The number of aliphatic hydroxyl groups excluding tert-OH is 1. The van der Waals surface area contributed by atoms with Crippen molar-refractivity contribution in [1.82, 2.24) is 0 Å². The Bertz CT molecular complexity index is 343. The van der Waals surface area contributed by atoms with Crippen LogP contribution in [0.4, 0.5) is 5.69 Å². The summed E-state index contributed by atoms with van der Waals surface area (Å²) in [6.07, 6.45) is 8.02. The van der Waals surface area contributed by atoms with Crippen LogP contribution in [0, 0.1) is 0 Å². The van der Waals surface area contributed by atoms with Gasteiger partial charge in [0.2, 0.25) is 0 Å². The van der Waals surface area contributed by atoms with Crippen molar-refractivity contribution in [2.75, 3.05) is 11.9 Å². The summed E-state index contributed by atoms with van der Waals surface area (Å²) in [7, 11) is 2.17. The molecule has 1 aromatic rings. The van der Waals surface area contributed by atoms with Gasteiger partial charge in [0.25, 0.3) is 0 Å². The normalized spacial score (nSPS) is 17.8. The van der Waals surface area contributed by atoms with Gasteiger partial charge in [0.1, 0.15) is 0 Å². The molecule has 0 unspecified atom stereocenters. The van der Waals surface area contributed by atoms with Crippen molar-refractivity contribution in [3.05, 3.63) is 29.8 Å². The molecule has 1 saturated carbocycles. The van der Waals surface area contributed by atoms with E-state index < -0.39 is 0 Å². The third-order valence-corrected chi connectivity index (χ3v) is 3.91. The number of rotatable bonds is 3. The first-order chi connectivity index (χ1) is 8.33. The van der Waals surface area contributed by atoms with Crippen LogP contribution in [0.2, 0.25) is 0 Å². The van der Waals surface area contributed by atoms with Gasteiger partial charge in [-0.05, 0) is 18.9 Å². The Hall–Kier alpha value is -1.02. The Kier molecular flexibility index (Phi) is 4.43. The molecule has 1 aromatic carbocycles. The SMILES string of the molecule is CN(c1ccccc1CO)C1CCCCCC1. The lowest BCUT2D eigenvalue weighted by atomic mass is 10.1. The molecule has 2 heteroatoms. The molecule has 0 heterocycles. The van der Waals surface area contributed by atoms with Crippen LogP contribution in [0.3, 0.4) is 0 Å². The zero-order chi connectivity index (χ0) is 12.1. The van der Waals surface area contributed by atoms with E-state index in [-0.39, 0.29) is 6.61 Å². The van der Waals surface area contributed by atoms with Gasteiger partial charge in [0.15, 0.2) is 0 Å². The van der Waals surface area contributed by atoms with Gasteiger partial charge in [0, 0.05) is 24.3 Å². The molecule has 94 valence electrons. The van der Waals surface area contributed by atoms with E-state index in [0.29, 0.717) is 6.04 Å². The van der Waals surface area contributed by atoms with Gasteiger partial charge in [-0.1, -0.05) is 43.9 Å². The maximum Gasteiger partial charge on any atom is 0.0702 e. The summed E-state index contributed by atoms with van der Waals surface area (Å²) in [5.41, 5.74) is 2.24. The third-order valence-electron chi connectivity index (χ3n) is 3.91. The van der Waals surface area contributed by atoms with Gasteiger partial charge >= 0.3 is 0 Å². The van der Waals surface area contributed by atoms with Crippen LogP contribution in [-0.4, -0.2) is 18.2 Å². The van der Waals surface area contributed by atoms with Gasteiger partial charge in [-0.15, -0.1) is 0 Å². The van der Waals surface area contributed by atoms with Gasteiger partial charge in [-0.25, -0.2) is 0 Å². The molecule has 0 spiro atoms. The van der Waals surface area contributed by atoms with E-state index in [2.05, 4.69) is 24.1 Å². The standard InChI is InChI=1S/C15H23NO/c1-16(14-9-4-2-3-5-10-14)15-11-7-6-8-13(15)12-17/h6-8,11,14,17H,2-5,9-10,12H2,1H3. The highest BCUT2D eigenvalue weighted by atomic mass is 16.3. The molecular formula is C15H23NO. The minimum absolute atomic E-state index is 0.132. The summed E-state index contributed by atoms with van der Waals surface area (Å²) in [5.74, 6) is 0. The minimum atomic E-state index is 0.132. The zero-order valence-corrected chi connectivity index (χ0v) is 10.7. The van der Waals surface area contributed by atoms with Gasteiger partial charge in [-0.2, -0.15) is 0 Å². The average molecular weight is 233 g/mol. The van der Waals surface area contributed by atoms with E-state index in [0.717, 1.165) is 5.56 Å². The smallest absolute Gasteiger partial charge is 0.0702 e. The molecule has 0 saturated heterocycles. The van der Waals surface area contributed by atoms with E-state index in [1.165, 1.54) is 44.2 Å². The van der Waals surface area contributed by atoms with Crippen LogP contribution < -0.4 is 4.90 Å². The highest BCUT2D eigenvalue weighted by Gasteiger charge is 2.18. The number of anilines is 1. The largest absolute Gasteiger partial charge is 0.392 e. The molecule has 0 radical (unpaired) electrons. The predicted molar refractivity (Wildman–Crippen MR) is 72.3 cm³/mol. The summed E-state index contributed by atoms with van der Waals surface area (Å²) >= 11 is 0. The third kappa shape index (κ3) is 3.01. The van der Waals surface area contributed by atoms with Crippen LogP contribution in [0.15, 0.2) is 24.3 Å². The fourth-order valence-corrected chi connectivity index (χ4v) is 2.83. The van der Waals surface area contributed by atoms with E-state index in [1.807, 2.05) is 12.1 Å². The lowest BCUT2D eigenvalue weighted by molar-refractivity contribution is 0.282. The number of nitrogens with zero attached hydrogens (tertiary/aromatic N) is 1. The van der Waals surface area contributed by atoms with Crippen LogP contribution in [0.1, 0.15) is 44.1 Å². The van der Waals surface area contributed by atoms with Gasteiger partial charge in [-0.3, -0.25) is 0 Å². The second kappa shape index (κ2) is 6.06. The van der Waals surface area contributed by atoms with Crippen molar-refractivity contribution in [3.63, 3.8) is 0 Å². The first-order valence-corrected chi connectivity index (χ1v) is 6.74. The highest BCUT2D eigenvalue weighted by Crippen LogP contribution is 2.27. The second-order valence-electron chi connectivity index (χ2n) is 5.04. The van der Waals surface area contributed by atoms with E-state index in [4.69, 9.17) is 0 Å². The summed E-state index contributed by atoms with van der Waals surface area (Å²) in [5, 5.41) is 9.39. The van der Waals surface area contributed by atoms with Gasteiger partial charge < -0.3 is 10.0 Å². The molecule has 1 aliphatic rings. The first-order valence-electron chi connectivity index (χ1n) is 6.74. The molecule has 1 fully saturated rings. The molecule has 1 N–H and O–H groups in total. The minimum Gasteiger partial charge on any atom is -0.392 e. The van der Waals surface area contributed by atoms with Crippen LogP contribution >= 0.6 is 0 Å². The lowest BCUT2D eigenvalue weighted by Crippen LogP contribution is -2.31. The molecule has 0 aliphatic heterocycles. The first kappa shape index (κ1) is 12.4. The number of para-hydroxylation sites is 1. The van der Waals surface area contributed by atoms with Crippen molar-refractivity contribution in [2.45, 2.75) is 51.2 Å². The fourth-order valence-electron chi connectivity index (χ4n) is 2.83. The summed E-state index contributed by atoms with van der Waals surface area (Å²) < 4.78 is 0. The monoisotopic (exact) mass is 233 g/mol. The molecule has 2 rings (SSSR count). The van der Waals surface area contributed by atoms with Crippen molar-refractivity contribution in [2.24, 2.45) is 0 Å². The lowest BCUT2D eigenvalue weighted by Gasteiger charge is -2.30. The fraction of sp³-hybridized carbons (Fsp3) is 0.600. The van der Waals surface area contributed by atoms with Crippen molar-refractivity contribution >= 4 is 5.69 Å². The Morgan fingerprint density at radius 2 is 1.76 bits per heavy atom. The highest BCUT2D eigenvalue weighted by molar-refractivity contribution is 5.53. The summed E-state index contributed by atoms with van der Waals surface area (Å²) in [4.78, 5) is 2.37. The Morgan fingerprint density at radius 3 is 2.41 bits per heavy atom. The average Bonchev–Trinajstić information content (AvgIpc) is 2.66. The van der Waals surface area contributed by atoms with Crippen molar-refractivity contribution < 1.29 is 5.11 Å². The van der Waals surface area contributed by atoms with Crippen molar-refractivity contribution in [3.8, 4) is 0 Å². The topological polar surface area (TPSA) is 23.5 Å². The molecule has 17 heavy (non-hydrogen) atoms. The number of aliphatic hydroxyl groups is 1. The molecule has 0 amide bonds. The summed E-state index contributed by atoms with van der Waals surface area (Å²) in [6.45, 7) is 0.132. The molecule has 0 bridgehead atoms. The Morgan fingerprint density at radius 1 is 1.12 bits per heavy atom. The number of hydrogen-bond acceptors (Lipinski definition) is 2. The van der Waals surface area contributed by atoms with E-state index in [1.54, 1.807) is 0 Å². The number of hydrogen-bond donors (Lipinski definition) is 1. The predicted octanol–water partition coefficient (Wildman–Crippen LogP) is 3.34. The van der Waals surface area contributed by atoms with E-state index in [9.17, 15) is 5.11 Å². The zero-order valence-electron chi connectivity index (χ0n) is 10.7. The summed E-state index contributed by atoms with van der Waals surface area (Å²) in [6, 6.07) is 8.83. The van der Waals surface area contributed by atoms with Crippen LogP contribution in [-0.2, 0) is 6.61 Å². The molecule has 2 nitrogen and oxygen atoms in total. The molecule has 0 atom stereocenters. The second-order valence-corrected chi connectivity index (χ2v) is 5.04. The van der Waals surface area contributed by atoms with Crippen molar-refractivity contribution in [1.29, 1.82) is 0 Å². The maximum absolute atomic E-state index is 9.39. The Labute approximate surface area is 104 Å². The maximum atomic E-state index is 9.39. The Balaban J connectivity index is 2.14. The van der Waals surface area contributed by atoms with E-state index >= 15 is 0 Å². The van der Waals surface area contributed by atoms with Crippen LogP contribution in [0.5, 0.6) is 0 Å². The quantitative estimate of drug-likeness (QED) is 0.809. The van der Waals surface area contributed by atoms with Gasteiger partial charge in [0.05, 0.1) is 6.61 Å².